The standard InChI is InChI=1S/C16H24ClN3O5S/c1-16(2,3)25-15(22)19-6-8-20(9-7-19)26(23,24)11-13(21)12-4-5-14(17)18-10-12/h4-5,10,13,21H,6-9,11H2,1-3H3/t13-/m1/s1. The Morgan fingerprint density at radius 1 is 1.31 bits per heavy atom. The van der Waals surface area contributed by atoms with E-state index in [0.717, 1.165) is 0 Å². The van der Waals surface area contributed by atoms with Crippen molar-refractivity contribution in [2.75, 3.05) is 31.9 Å². The molecule has 0 saturated carbocycles. The zero-order valence-corrected chi connectivity index (χ0v) is 16.6. The van der Waals surface area contributed by atoms with Crippen molar-refractivity contribution in [2.45, 2.75) is 32.5 Å². The van der Waals surface area contributed by atoms with Gasteiger partial charge >= 0.3 is 6.09 Å². The van der Waals surface area contributed by atoms with Crippen LogP contribution in [-0.4, -0.2) is 71.3 Å². The SMILES string of the molecule is CC(C)(C)OC(=O)N1CCN(S(=O)(=O)C[C@@H](O)c2ccc(Cl)nc2)CC1. The third kappa shape index (κ3) is 5.80. The summed E-state index contributed by atoms with van der Waals surface area (Å²) in [6.07, 6.45) is -0.307. The van der Waals surface area contributed by atoms with Gasteiger partial charge in [-0.15, -0.1) is 0 Å². The topological polar surface area (TPSA) is 100 Å². The van der Waals surface area contributed by atoms with Crippen molar-refractivity contribution in [1.29, 1.82) is 0 Å². The van der Waals surface area contributed by atoms with Crippen molar-refractivity contribution < 1.29 is 23.1 Å². The number of ether oxygens (including phenoxy) is 1. The first-order valence-corrected chi connectivity index (χ1v) is 10.2. The Bertz CT molecular complexity index is 725. The molecule has 1 atom stereocenters. The molecular weight excluding hydrogens is 382 g/mol. The van der Waals surface area contributed by atoms with E-state index in [0.29, 0.717) is 5.56 Å². The molecule has 1 aromatic rings. The first-order chi connectivity index (χ1) is 12.0. The number of nitrogens with zero attached hydrogens (tertiary/aromatic N) is 3. The van der Waals surface area contributed by atoms with Crippen LogP contribution < -0.4 is 0 Å². The fraction of sp³-hybridized carbons (Fsp3) is 0.625. The van der Waals surface area contributed by atoms with E-state index in [1.807, 2.05) is 0 Å². The van der Waals surface area contributed by atoms with E-state index in [1.165, 1.54) is 27.5 Å². The number of pyridine rings is 1. The van der Waals surface area contributed by atoms with Crippen molar-refractivity contribution in [3.8, 4) is 0 Å². The maximum atomic E-state index is 12.5. The van der Waals surface area contributed by atoms with Crippen molar-refractivity contribution in [3.05, 3.63) is 29.0 Å². The minimum absolute atomic E-state index is 0.160. The molecule has 1 saturated heterocycles. The fourth-order valence-electron chi connectivity index (χ4n) is 2.46. The third-order valence-electron chi connectivity index (χ3n) is 3.79. The number of piperazine rings is 1. The summed E-state index contributed by atoms with van der Waals surface area (Å²) in [5.74, 6) is -0.456. The van der Waals surface area contributed by atoms with E-state index in [1.54, 1.807) is 20.8 Å². The van der Waals surface area contributed by atoms with Crippen LogP contribution >= 0.6 is 11.6 Å². The summed E-state index contributed by atoms with van der Waals surface area (Å²) in [4.78, 5) is 17.4. The number of hydrogen-bond acceptors (Lipinski definition) is 6. The van der Waals surface area contributed by atoms with Crippen LogP contribution in [0.15, 0.2) is 18.3 Å². The molecule has 146 valence electrons. The van der Waals surface area contributed by atoms with Crippen LogP contribution in [0.25, 0.3) is 0 Å². The summed E-state index contributed by atoms with van der Waals surface area (Å²) < 4.78 is 31.6. The van der Waals surface area contributed by atoms with Crippen molar-refractivity contribution >= 4 is 27.7 Å². The van der Waals surface area contributed by atoms with Gasteiger partial charge in [0.05, 0.1) is 11.9 Å². The molecular formula is C16H24ClN3O5S. The molecule has 10 heteroatoms. The van der Waals surface area contributed by atoms with Gasteiger partial charge in [0, 0.05) is 32.4 Å². The summed E-state index contributed by atoms with van der Waals surface area (Å²) in [6.45, 7) is 6.13. The quantitative estimate of drug-likeness (QED) is 0.764. The maximum Gasteiger partial charge on any atom is 0.410 e. The summed E-state index contributed by atoms with van der Waals surface area (Å²) in [6, 6.07) is 3.03. The molecule has 1 aromatic heterocycles. The number of amides is 1. The van der Waals surface area contributed by atoms with Gasteiger partial charge in [0.2, 0.25) is 10.0 Å². The highest BCUT2D eigenvalue weighted by Crippen LogP contribution is 2.19. The van der Waals surface area contributed by atoms with Gasteiger partial charge in [-0.25, -0.2) is 18.2 Å². The van der Waals surface area contributed by atoms with Gasteiger partial charge in [-0.1, -0.05) is 17.7 Å². The fourth-order valence-corrected chi connectivity index (χ4v) is 4.09. The molecule has 0 spiro atoms. The van der Waals surface area contributed by atoms with Gasteiger partial charge in [-0.2, -0.15) is 4.31 Å². The largest absolute Gasteiger partial charge is 0.444 e. The lowest BCUT2D eigenvalue weighted by atomic mass is 10.2. The molecule has 1 aliphatic heterocycles. The van der Waals surface area contributed by atoms with Gasteiger partial charge in [-0.05, 0) is 32.4 Å². The number of carbonyl (C=O) groups is 1. The van der Waals surface area contributed by atoms with Crippen LogP contribution in [-0.2, 0) is 14.8 Å². The molecule has 0 bridgehead atoms. The normalized spacial score (nSPS) is 17.8. The first-order valence-electron chi connectivity index (χ1n) is 8.23. The molecule has 1 aliphatic rings. The average Bonchev–Trinajstić information content (AvgIpc) is 2.53. The summed E-state index contributed by atoms with van der Waals surface area (Å²) in [5.41, 5.74) is -0.220. The number of aliphatic hydroxyl groups is 1. The Morgan fingerprint density at radius 2 is 1.92 bits per heavy atom. The Morgan fingerprint density at radius 3 is 2.42 bits per heavy atom. The first kappa shape index (κ1) is 20.9. The van der Waals surface area contributed by atoms with Crippen LogP contribution in [0.1, 0.15) is 32.4 Å². The van der Waals surface area contributed by atoms with E-state index in [9.17, 15) is 18.3 Å². The van der Waals surface area contributed by atoms with Crippen molar-refractivity contribution in [2.24, 2.45) is 0 Å². The zero-order chi connectivity index (χ0) is 19.5. The Balaban J connectivity index is 1.93. The van der Waals surface area contributed by atoms with E-state index in [2.05, 4.69) is 4.98 Å². The second-order valence-corrected chi connectivity index (χ2v) is 9.48. The van der Waals surface area contributed by atoms with Gasteiger partial charge in [0.1, 0.15) is 10.8 Å². The number of rotatable bonds is 4. The average molecular weight is 406 g/mol. The Labute approximate surface area is 158 Å². The zero-order valence-electron chi connectivity index (χ0n) is 15.1. The minimum Gasteiger partial charge on any atom is -0.444 e. The number of aromatic nitrogens is 1. The number of carbonyl (C=O) groups excluding carboxylic acids is 1. The Hall–Kier alpha value is -1.42. The third-order valence-corrected chi connectivity index (χ3v) is 5.90. The van der Waals surface area contributed by atoms with Gasteiger partial charge in [0.25, 0.3) is 0 Å². The number of aliphatic hydroxyl groups excluding tert-OH is 1. The lowest BCUT2D eigenvalue weighted by Gasteiger charge is -2.35. The van der Waals surface area contributed by atoms with Gasteiger partial charge in [0.15, 0.2) is 0 Å². The molecule has 1 amide bonds. The second kappa shape index (κ2) is 8.08. The minimum atomic E-state index is -3.68. The van der Waals surface area contributed by atoms with E-state index in [-0.39, 0.29) is 31.3 Å². The lowest BCUT2D eigenvalue weighted by molar-refractivity contribution is 0.0192. The van der Waals surface area contributed by atoms with E-state index in [4.69, 9.17) is 16.3 Å². The van der Waals surface area contributed by atoms with Gasteiger partial charge < -0.3 is 14.7 Å². The highest BCUT2D eigenvalue weighted by molar-refractivity contribution is 7.89. The Kier molecular flexibility index (Phi) is 6.49. The van der Waals surface area contributed by atoms with Crippen LogP contribution in [0.3, 0.4) is 0 Å². The number of sulfonamides is 1. The monoisotopic (exact) mass is 405 g/mol. The molecule has 0 aliphatic carbocycles. The molecule has 1 fully saturated rings. The number of hydrogen-bond donors (Lipinski definition) is 1. The van der Waals surface area contributed by atoms with Crippen LogP contribution in [0.5, 0.6) is 0 Å². The highest BCUT2D eigenvalue weighted by atomic mass is 35.5. The lowest BCUT2D eigenvalue weighted by Crippen LogP contribution is -2.52. The molecule has 0 aromatic carbocycles. The van der Waals surface area contributed by atoms with Crippen LogP contribution in [0, 0.1) is 0 Å². The van der Waals surface area contributed by atoms with Crippen LogP contribution in [0.4, 0.5) is 4.79 Å². The molecule has 2 heterocycles. The predicted molar refractivity (Wildman–Crippen MR) is 97.4 cm³/mol. The van der Waals surface area contributed by atoms with Crippen molar-refractivity contribution in [1.82, 2.24) is 14.2 Å². The molecule has 0 unspecified atom stereocenters. The number of halogens is 1. The van der Waals surface area contributed by atoms with E-state index >= 15 is 0 Å². The van der Waals surface area contributed by atoms with E-state index < -0.39 is 33.6 Å². The molecule has 0 radical (unpaired) electrons. The predicted octanol–water partition coefficient (Wildman–Crippen LogP) is 1.65. The maximum absolute atomic E-state index is 12.5. The molecule has 1 N–H and O–H groups in total. The molecule has 2 rings (SSSR count). The summed E-state index contributed by atoms with van der Waals surface area (Å²) in [7, 11) is -3.68. The van der Waals surface area contributed by atoms with Crippen LogP contribution in [0.2, 0.25) is 5.15 Å². The summed E-state index contributed by atoms with van der Waals surface area (Å²) in [5, 5.41) is 10.4. The van der Waals surface area contributed by atoms with Crippen molar-refractivity contribution in [3.63, 3.8) is 0 Å². The molecule has 8 nitrogen and oxygen atoms in total. The highest BCUT2D eigenvalue weighted by Gasteiger charge is 2.32. The summed E-state index contributed by atoms with van der Waals surface area (Å²) >= 11 is 5.69. The second-order valence-electron chi connectivity index (χ2n) is 7.08. The smallest absolute Gasteiger partial charge is 0.410 e. The molecule has 26 heavy (non-hydrogen) atoms. The van der Waals surface area contributed by atoms with Gasteiger partial charge in [-0.3, -0.25) is 0 Å².